The highest BCUT2D eigenvalue weighted by molar-refractivity contribution is 5.46. The Morgan fingerprint density at radius 1 is 1.13 bits per heavy atom. The zero-order valence-electron chi connectivity index (χ0n) is 8.43. The van der Waals surface area contributed by atoms with Crippen molar-refractivity contribution >= 4 is 11.6 Å². The Balaban J connectivity index is 2.02. The molecule has 2 aromatic rings. The number of piperazine rings is 1. The lowest BCUT2D eigenvalue weighted by Gasteiger charge is -2.27. The van der Waals surface area contributed by atoms with Gasteiger partial charge in [0.1, 0.15) is 0 Å². The molecule has 5 nitrogen and oxygen atoms in total. The molecule has 1 saturated heterocycles. The van der Waals surface area contributed by atoms with Gasteiger partial charge < -0.3 is 10.2 Å². The van der Waals surface area contributed by atoms with Crippen molar-refractivity contribution in [1.29, 1.82) is 0 Å². The molecule has 2 aromatic heterocycles. The van der Waals surface area contributed by atoms with E-state index in [9.17, 15) is 0 Å². The van der Waals surface area contributed by atoms with Crippen molar-refractivity contribution in [2.75, 3.05) is 31.1 Å². The van der Waals surface area contributed by atoms with E-state index in [-0.39, 0.29) is 0 Å². The lowest BCUT2D eigenvalue weighted by molar-refractivity contribution is 0.578. The maximum atomic E-state index is 4.23. The van der Waals surface area contributed by atoms with Crippen LogP contribution < -0.4 is 10.2 Å². The maximum Gasteiger partial charge on any atom is 0.231 e. The van der Waals surface area contributed by atoms with Gasteiger partial charge in [-0.05, 0) is 12.1 Å². The quantitative estimate of drug-likeness (QED) is 0.716. The van der Waals surface area contributed by atoms with E-state index in [0.717, 1.165) is 37.8 Å². The van der Waals surface area contributed by atoms with Crippen LogP contribution in [0.5, 0.6) is 0 Å². The molecule has 1 aliphatic heterocycles. The second kappa shape index (κ2) is 3.51. The van der Waals surface area contributed by atoms with Crippen LogP contribution in [-0.4, -0.2) is 40.8 Å². The summed E-state index contributed by atoms with van der Waals surface area (Å²) in [6, 6.07) is 5.95. The van der Waals surface area contributed by atoms with E-state index in [1.54, 1.807) is 0 Å². The molecule has 15 heavy (non-hydrogen) atoms. The van der Waals surface area contributed by atoms with Crippen LogP contribution in [0.3, 0.4) is 0 Å². The van der Waals surface area contributed by atoms with Crippen molar-refractivity contribution < 1.29 is 0 Å². The fourth-order valence-corrected chi connectivity index (χ4v) is 1.91. The molecule has 0 unspecified atom stereocenters. The molecule has 1 N–H and O–H groups in total. The van der Waals surface area contributed by atoms with Gasteiger partial charge in [-0.3, -0.25) is 4.40 Å². The largest absolute Gasteiger partial charge is 0.338 e. The van der Waals surface area contributed by atoms with Gasteiger partial charge in [-0.2, -0.15) is 0 Å². The number of nitrogens with one attached hydrogen (secondary N) is 1. The third kappa shape index (κ3) is 1.45. The van der Waals surface area contributed by atoms with Crippen molar-refractivity contribution in [3.05, 3.63) is 24.4 Å². The molecule has 0 bridgehead atoms. The van der Waals surface area contributed by atoms with Crippen LogP contribution in [0.1, 0.15) is 0 Å². The standard InChI is InChI=1S/C10H13N5/c1-2-6-15-9(3-1)12-13-10(15)14-7-4-11-5-8-14/h1-3,6,11H,4-5,7-8H2. The lowest BCUT2D eigenvalue weighted by Crippen LogP contribution is -2.44. The molecule has 0 radical (unpaired) electrons. The summed E-state index contributed by atoms with van der Waals surface area (Å²) >= 11 is 0. The van der Waals surface area contributed by atoms with E-state index in [1.807, 2.05) is 28.8 Å². The Morgan fingerprint density at radius 2 is 2.00 bits per heavy atom. The van der Waals surface area contributed by atoms with Gasteiger partial charge in [0.05, 0.1) is 0 Å². The van der Waals surface area contributed by atoms with E-state index in [2.05, 4.69) is 20.4 Å². The second-order valence-corrected chi connectivity index (χ2v) is 3.67. The fourth-order valence-electron chi connectivity index (χ4n) is 1.91. The number of nitrogens with zero attached hydrogens (tertiary/aromatic N) is 4. The van der Waals surface area contributed by atoms with Gasteiger partial charge in [0.15, 0.2) is 5.65 Å². The van der Waals surface area contributed by atoms with E-state index < -0.39 is 0 Å². The summed E-state index contributed by atoms with van der Waals surface area (Å²) in [5.41, 5.74) is 0.908. The van der Waals surface area contributed by atoms with E-state index >= 15 is 0 Å². The molecule has 3 heterocycles. The lowest BCUT2D eigenvalue weighted by atomic mass is 10.4. The van der Waals surface area contributed by atoms with Gasteiger partial charge in [-0.1, -0.05) is 6.07 Å². The number of pyridine rings is 1. The molecule has 1 fully saturated rings. The molecule has 0 amide bonds. The third-order valence-electron chi connectivity index (χ3n) is 2.70. The molecule has 0 spiro atoms. The van der Waals surface area contributed by atoms with Crippen molar-refractivity contribution in [2.45, 2.75) is 0 Å². The van der Waals surface area contributed by atoms with Crippen LogP contribution in [0.25, 0.3) is 5.65 Å². The summed E-state index contributed by atoms with van der Waals surface area (Å²) in [4.78, 5) is 2.26. The Hall–Kier alpha value is -1.62. The molecule has 0 aliphatic carbocycles. The Morgan fingerprint density at radius 3 is 2.87 bits per heavy atom. The molecule has 78 valence electrons. The minimum Gasteiger partial charge on any atom is -0.338 e. The Bertz CT molecular complexity index is 458. The molecule has 0 aromatic carbocycles. The van der Waals surface area contributed by atoms with Gasteiger partial charge in [0.2, 0.25) is 5.95 Å². The van der Waals surface area contributed by atoms with Crippen molar-refractivity contribution in [3.63, 3.8) is 0 Å². The minimum atomic E-state index is 0.908. The van der Waals surface area contributed by atoms with Gasteiger partial charge in [0, 0.05) is 32.4 Å². The van der Waals surface area contributed by atoms with Gasteiger partial charge in [-0.15, -0.1) is 10.2 Å². The summed E-state index contributed by atoms with van der Waals surface area (Å²) in [5, 5.41) is 11.7. The van der Waals surface area contributed by atoms with Crippen molar-refractivity contribution in [3.8, 4) is 0 Å². The first kappa shape index (κ1) is 8.67. The van der Waals surface area contributed by atoms with E-state index in [1.165, 1.54) is 0 Å². The fraction of sp³-hybridized carbons (Fsp3) is 0.400. The summed E-state index contributed by atoms with van der Waals surface area (Å²) in [6.07, 6.45) is 2.01. The van der Waals surface area contributed by atoms with Gasteiger partial charge >= 0.3 is 0 Å². The van der Waals surface area contributed by atoms with Crippen molar-refractivity contribution in [2.24, 2.45) is 0 Å². The highest BCUT2D eigenvalue weighted by Gasteiger charge is 2.15. The average Bonchev–Trinajstić information content (AvgIpc) is 2.74. The molecular formula is C10H13N5. The van der Waals surface area contributed by atoms with E-state index in [0.29, 0.717) is 0 Å². The highest BCUT2D eigenvalue weighted by Crippen LogP contribution is 2.13. The topological polar surface area (TPSA) is 45.5 Å². The zero-order valence-corrected chi connectivity index (χ0v) is 8.43. The number of hydrogen-bond acceptors (Lipinski definition) is 4. The number of hydrogen-bond donors (Lipinski definition) is 1. The second-order valence-electron chi connectivity index (χ2n) is 3.67. The van der Waals surface area contributed by atoms with Gasteiger partial charge in [-0.25, -0.2) is 0 Å². The monoisotopic (exact) mass is 203 g/mol. The molecular weight excluding hydrogens is 190 g/mol. The number of rotatable bonds is 1. The SMILES string of the molecule is c1ccn2c(N3CCNCC3)nnc2c1. The van der Waals surface area contributed by atoms with Crippen LogP contribution in [-0.2, 0) is 0 Å². The normalized spacial score (nSPS) is 17.2. The zero-order chi connectivity index (χ0) is 10.1. The van der Waals surface area contributed by atoms with E-state index in [4.69, 9.17) is 0 Å². The van der Waals surface area contributed by atoms with Crippen LogP contribution in [0.15, 0.2) is 24.4 Å². The first-order valence-electron chi connectivity index (χ1n) is 5.20. The molecule has 0 saturated carbocycles. The third-order valence-corrected chi connectivity index (χ3v) is 2.70. The molecule has 0 atom stereocenters. The first-order chi connectivity index (χ1) is 7.45. The Kier molecular flexibility index (Phi) is 2.03. The Labute approximate surface area is 87.7 Å². The van der Waals surface area contributed by atoms with Crippen LogP contribution in [0.2, 0.25) is 0 Å². The molecule has 5 heteroatoms. The smallest absolute Gasteiger partial charge is 0.231 e. The van der Waals surface area contributed by atoms with Crippen molar-refractivity contribution in [1.82, 2.24) is 19.9 Å². The first-order valence-corrected chi connectivity index (χ1v) is 5.20. The van der Waals surface area contributed by atoms with Crippen LogP contribution >= 0.6 is 0 Å². The molecule has 1 aliphatic rings. The van der Waals surface area contributed by atoms with Crippen LogP contribution in [0.4, 0.5) is 5.95 Å². The predicted octanol–water partition coefficient (Wildman–Crippen LogP) is 0.139. The maximum absolute atomic E-state index is 4.23. The van der Waals surface area contributed by atoms with Gasteiger partial charge in [0.25, 0.3) is 0 Å². The summed E-state index contributed by atoms with van der Waals surface area (Å²) in [7, 11) is 0. The summed E-state index contributed by atoms with van der Waals surface area (Å²) < 4.78 is 2.03. The number of aromatic nitrogens is 3. The average molecular weight is 203 g/mol. The molecule has 3 rings (SSSR count). The number of anilines is 1. The summed E-state index contributed by atoms with van der Waals surface area (Å²) in [6.45, 7) is 4.02. The minimum absolute atomic E-state index is 0.908. The number of fused-ring (bicyclic) bond motifs is 1. The highest BCUT2D eigenvalue weighted by atomic mass is 15.4. The summed E-state index contributed by atoms with van der Waals surface area (Å²) in [5.74, 6) is 0.951. The van der Waals surface area contributed by atoms with Crippen LogP contribution in [0, 0.1) is 0 Å². The predicted molar refractivity (Wildman–Crippen MR) is 58.1 cm³/mol.